The maximum absolute atomic E-state index is 11.5. The van der Waals surface area contributed by atoms with Gasteiger partial charge in [-0.1, -0.05) is 29.3 Å². The first-order valence-electron chi connectivity index (χ1n) is 13.4. The summed E-state index contributed by atoms with van der Waals surface area (Å²) < 4.78 is 74.3. The molecule has 2 aromatic carbocycles. The molecule has 5 nitrogen and oxygen atoms in total. The van der Waals surface area contributed by atoms with Crippen LogP contribution in [0.4, 0.5) is 5.69 Å². The Morgan fingerprint density at radius 1 is 1.03 bits per heavy atom. The molecule has 0 amide bonds. The van der Waals surface area contributed by atoms with Gasteiger partial charge in [0, 0.05) is 43.6 Å². The number of benzene rings is 2. The number of hydrogen-bond donors (Lipinski definition) is 1. The van der Waals surface area contributed by atoms with Gasteiger partial charge in [-0.15, -0.1) is 12.4 Å². The predicted molar refractivity (Wildman–Crippen MR) is 132 cm³/mol. The van der Waals surface area contributed by atoms with Gasteiger partial charge in [0.2, 0.25) is 5.56 Å². The third kappa shape index (κ3) is 6.07. The van der Waals surface area contributed by atoms with E-state index < -0.39 is 26.0 Å². The van der Waals surface area contributed by atoms with Crippen LogP contribution in [0.2, 0.25) is 10.0 Å². The highest BCUT2D eigenvalue weighted by Crippen LogP contribution is 2.32. The molecule has 0 bridgehead atoms. The Labute approximate surface area is 209 Å². The molecule has 1 fully saturated rings. The maximum Gasteiger partial charge on any atom is 0.248 e. The molecule has 1 N–H and O–H groups in total. The zero-order chi connectivity index (χ0) is 28.1. The number of fused-ring (bicyclic) bond motifs is 1. The van der Waals surface area contributed by atoms with Gasteiger partial charge < -0.3 is 14.6 Å². The monoisotopic (exact) mass is 489 g/mol. The van der Waals surface area contributed by atoms with Crippen LogP contribution in [0, 0.1) is 0 Å². The Morgan fingerprint density at radius 3 is 2.61 bits per heavy atom. The summed E-state index contributed by atoms with van der Waals surface area (Å²) in [5, 5.41) is 0.622. The van der Waals surface area contributed by atoms with Gasteiger partial charge in [-0.05, 0) is 55.1 Å². The van der Waals surface area contributed by atoms with Gasteiger partial charge in [0.1, 0.15) is 5.75 Å². The quantitative estimate of drug-likeness (QED) is 0.460. The molecule has 0 spiro atoms. The molecule has 3 aromatic rings. The molecule has 31 heavy (non-hydrogen) atoms. The SMILES string of the molecule is Cl.[2H]C1([2H])N(CCCCOc2ccc3ccc(=O)[nH]c3c2)C([2H])([2H])C([2H])([2H])N(c2cccc(Cl)c2Cl)C1([2H])[2H]. The maximum atomic E-state index is 11.5. The summed E-state index contributed by atoms with van der Waals surface area (Å²) in [7, 11) is 0. The second kappa shape index (κ2) is 11.1. The molecular weight excluding hydrogens is 457 g/mol. The highest BCUT2D eigenvalue weighted by Gasteiger charge is 2.19. The van der Waals surface area contributed by atoms with Gasteiger partial charge in [-0.3, -0.25) is 9.69 Å². The topological polar surface area (TPSA) is 48.6 Å². The number of nitrogens with one attached hydrogen (secondary N) is 1. The van der Waals surface area contributed by atoms with Crippen molar-refractivity contribution < 1.29 is 15.7 Å². The lowest BCUT2D eigenvalue weighted by Crippen LogP contribution is -2.46. The van der Waals surface area contributed by atoms with Crippen molar-refractivity contribution in [2.24, 2.45) is 0 Å². The molecule has 1 aromatic heterocycles. The number of nitrogens with zero attached hydrogens (tertiary/aromatic N) is 2. The third-order valence-corrected chi connectivity index (χ3v) is 5.32. The van der Waals surface area contributed by atoms with Crippen LogP contribution in [-0.2, 0) is 0 Å². The van der Waals surface area contributed by atoms with Crippen LogP contribution in [0.3, 0.4) is 0 Å². The van der Waals surface area contributed by atoms with E-state index in [9.17, 15) is 4.79 Å². The molecule has 4 rings (SSSR count). The van der Waals surface area contributed by atoms with Crippen molar-refractivity contribution in [2.45, 2.75) is 12.8 Å². The van der Waals surface area contributed by atoms with Gasteiger partial charge in [0.25, 0.3) is 0 Å². The summed E-state index contributed by atoms with van der Waals surface area (Å²) >= 11 is 12.3. The lowest BCUT2D eigenvalue weighted by atomic mass is 10.2. The van der Waals surface area contributed by atoms with E-state index in [2.05, 4.69) is 4.98 Å². The molecule has 1 aliphatic heterocycles. The number of H-pyrrole nitrogens is 1. The lowest BCUT2D eigenvalue weighted by Gasteiger charge is -2.36. The van der Waals surface area contributed by atoms with E-state index in [1.807, 2.05) is 0 Å². The Hall–Kier alpha value is -1.92. The van der Waals surface area contributed by atoms with Crippen molar-refractivity contribution in [3.05, 3.63) is 68.9 Å². The summed E-state index contributed by atoms with van der Waals surface area (Å²) in [6.07, 6.45) is 0.537. The fourth-order valence-electron chi connectivity index (χ4n) is 2.95. The Kier molecular flexibility index (Phi) is 5.37. The van der Waals surface area contributed by atoms with Crippen molar-refractivity contribution in [3.63, 3.8) is 0 Å². The third-order valence-electron chi connectivity index (χ3n) is 4.51. The molecule has 0 unspecified atom stereocenters. The van der Waals surface area contributed by atoms with Crippen molar-refractivity contribution in [1.82, 2.24) is 9.88 Å². The van der Waals surface area contributed by atoms with Crippen LogP contribution in [0.5, 0.6) is 5.75 Å². The minimum Gasteiger partial charge on any atom is -0.494 e. The number of aromatic nitrogens is 1. The number of pyridine rings is 1. The molecule has 0 atom stereocenters. The number of aromatic amines is 1. The van der Waals surface area contributed by atoms with Crippen LogP contribution < -0.4 is 15.2 Å². The summed E-state index contributed by atoms with van der Waals surface area (Å²) in [4.78, 5) is 15.2. The number of anilines is 1. The molecule has 0 saturated carbocycles. The van der Waals surface area contributed by atoms with E-state index in [0.717, 1.165) is 5.39 Å². The summed E-state index contributed by atoms with van der Waals surface area (Å²) in [6.45, 7) is -12.1. The first-order chi connectivity index (χ1) is 17.6. The Bertz CT molecular complexity index is 1380. The molecule has 2 heterocycles. The number of ether oxygens (including phenoxy) is 1. The molecule has 8 heteroatoms. The van der Waals surface area contributed by atoms with E-state index in [0.29, 0.717) is 27.5 Å². The van der Waals surface area contributed by atoms with Crippen LogP contribution in [-0.4, -0.2) is 49.0 Å². The number of hydrogen-bond acceptors (Lipinski definition) is 4. The van der Waals surface area contributed by atoms with Crippen LogP contribution in [0.1, 0.15) is 23.8 Å². The van der Waals surface area contributed by atoms with E-state index in [-0.39, 0.29) is 53.3 Å². The standard InChI is InChI=1S/C23H25Cl2N3O2.ClH/c24-19-4-3-5-21(23(19)25)28-13-11-27(12-14-28)10-1-2-15-30-18-8-6-17-7-9-22(29)26-20(17)16-18;/h3-9,16H,1-2,10-15H2,(H,26,29);1H/i11D2,12D2,13D2,14D2;. The summed E-state index contributed by atoms with van der Waals surface area (Å²) in [5.74, 6) is 0.504. The van der Waals surface area contributed by atoms with E-state index in [4.69, 9.17) is 38.9 Å². The largest absolute Gasteiger partial charge is 0.494 e. The minimum atomic E-state index is -3.03. The first kappa shape index (κ1) is 15.0. The van der Waals surface area contributed by atoms with Gasteiger partial charge >= 0.3 is 0 Å². The summed E-state index contributed by atoms with van der Waals surface area (Å²) in [5.41, 5.74) is 0.112. The first-order valence-corrected chi connectivity index (χ1v) is 10.2. The van der Waals surface area contributed by atoms with Gasteiger partial charge in [0.15, 0.2) is 0 Å². The van der Waals surface area contributed by atoms with Crippen LogP contribution in [0.25, 0.3) is 10.9 Å². The highest BCUT2D eigenvalue weighted by molar-refractivity contribution is 6.43. The number of piperazine rings is 1. The molecule has 0 radical (unpaired) electrons. The number of halogens is 3. The zero-order valence-corrected chi connectivity index (χ0v) is 18.7. The van der Waals surface area contributed by atoms with Gasteiger partial charge in [-0.2, -0.15) is 0 Å². The van der Waals surface area contributed by atoms with Crippen molar-refractivity contribution in [3.8, 4) is 5.75 Å². The molecule has 0 aliphatic carbocycles. The second-order valence-electron chi connectivity index (χ2n) is 6.63. The second-order valence-corrected chi connectivity index (χ2v) is 7.42. The predicted octanol–water partition coefficient (Wildman–Crippen LogP) is 5.24. The molecule has 166 valence electrons. The zero-order valence-electron chi connectivity index (χ0n) is 24.3. The molecule has 1 saturated heterocycles. The minimum absolute atomic E-state index is 0. The smallest absolute Gasteiger partial charge is 0.248 e. The Morgan fingerprint density at radius 2 is 1.81 bits per heavy atom. The van der Waals surface area contributed by atoms with Gasteiger partial charge in [0.05, 0.1) is 33.3 Å². The number of unbranched alkanes of at least 4 members (excludes halogenated alkanes) is 1. The van der Waals surface area contributed by atoms with Crippen LogP contribution >= 0.6 is 35.6 Å². The summed E-state index contributed by atoms with van der Waals surface area (Å²) in [6, 6.07) is 12.4. The van der Waals surface area contributed by atoms with E-state index in [1.165, 1.54) is 24.3 Å². The lowest BCUT2D eigenvalue weighted by molar-refractivity contribution is 0.238. The van der Waals surface area contributed by atoms with Gasteiger partial charge in [-0.25, -0.2) is 0 Å². The normalized spacial score (nSPS) is 24.8. The fourth-order valence-corrected chi connectivity index (χ4v) is 3.33. The van der Waals surface area contributed by atoms with E-state index in [1.54, 1.807) is 24.3 Å². The van der Waals surface area contributed by atoms with Crippen molar-refractivity contribution in [1.29, 1.82) is 0 Å². The van der Waals surface area contributed by atoms with E-state index >= 15 is 0 Å². The highest BCUT2D eigenvalue weighted by atomic mass is 35.5. The average Bonchev–Trinajstić information content (AvgIpc) is 2.82. The fraction of sp³-hybridized carbons (Fsp3) is 0.348. The van der Waals surface area contributed by atoms with Crippen LogP contribution in [0.15, 0.2) is 53.3 Å². The Balaban J connectivity index is 0.00000420. The average molecular weight is 491 g/mol. The molecular formula is C23H26Cl3N3O2. The number of rotatable bonds is 7. The van der Waals surface area contributed by atoms with Crippen molar-refractivity contribution in [2.75, 3.05) is 44.0 Å². The molecule has 1 aliphatic rings. The van der Waals surface area contributed by atoms with Crippen molar-refractivity contribution >= 4 is 52.2 Å².